The van der Waals surface area contributed by atoms with E-state index in [4.69, 9.17) is 14.8 Å². The minimum Gasteiger partial charge on any atom is -0.550 e. The number of carbonyl (C=O) groups excluding carboxylic acids is 1. The second kappa shape index (κ2) is 15.6. The second-order valence-electron chi connectivity index (χ2n) is 3.47. The number of carboxylic acids is 2. The van der Waals surface area contributed by atoms with Gasteiger partial charge in [0.1, 0.15) is 10.8 Å². The Kier molecular flexibility index (Phi) is 17.6. The standard InChI is InChI=1S/C4H9O2S2.2C3H6O2S/c5-4-1-2-8(6)7-3-4;2*4-3(5)1-2-6/h4-6H,1-3H2;2*6H,1-2H2,(H,4,5)/q+1;;/p-1. The van der Waals surface area contributed by atoms with Crippen molar-refractivity contribution in [1.82, 2.24) is 0 Å². The molecule has 1 saturated heterocycles. The number of hydrogen-bond donors (Lipinski definition) is 5. The van der Waals surface area contributed by atoms with Crippen molar-refractivity contribution in [1.29, 1.82) is 0 Å². The van der Waals surface area contributed by atoms with E-state index in [-0.39, 0.29) is 18.9 Å². The van der Waals surface area contributed by atoms with E-state index in [2.05, 4.69) is 25.3 Å². The fourth-order valence-corrected chi connectivity index (χ4v) is 3.75. The molecule has 0 aromatic rings. The van der Waals surface area contributed by atoms with Crippen LogP contribution in [0, 0.1) is 0 Å². The summed E-state index contributed by atoms with van der Waals surface area (Å²) in [6.45, 7) is 0. The van der Waals surface area contributed by atoms with E-state index in [0.717, 1.165) is 12.2 Å². The van der Waals surface area contributed by atoms with Crippen molar-refractivity contribution in [2.75, 3.05) is 23.0 Å². The van der Waals surface area contributed by atoms with Crippen molar-refractivity contribution in [3.8, 4) is 0 Å². The molecule has 10 heteroatoms. The molecule has 6 nitrogen and oxygen atoms in total. The molecular formula is C10H20O6S4. The predicted octanol–water partition coefficient (Wildman–Crippen LogP) is -0.0624. The number of thiol groups is 2. The first-order chi connectivity index (χ1) is 9.33. The summed E-state index contributed by atoms with van der Waals surface area (Å²) in [6, 6.07) is 0. The SMILES string of the molecule is O=C(O)CCS.O=C([O-])CCS.OC1CC[S+](O)SC1. The fourth-order valence-electron chi connectivity index (χ4n) is 0.723. The maximum absolute atomic E-state index is 9.55. The van der Waals surface area contributed by atoms with Crippen molar-refractivity contribution in [2.24, 2.45) is 0 Å². The van der Waals surface area contributed by atoms with Crippen molar-refractivity contribution in [3.05, 3.63) is 0 Å². The summed E-state index contributed by atoms with van der Waals surface area (Å²) >= 11 is 7.32. The molecule has 1 rings (SSSR count). The Morgan fingerprint density at radius 3 is 2.00 bits per heavy atom. The molecule has 1 fully saturated rings. The van der Waals surface area contributed by atoms with E-state index in [9.17, 15) is 14.7 Å². The van der Waals surface area contributed by atoms with Crippen molar-refractivity contribution < 1.29 is 29.5 Å². The maximum atomic E-state index is 9.55. The number of carboxylic acid groups (broad SMARTS) is 2. The van der Waals surface area contributed by atoms with Gasteiger partial charge in [-0.2, -0.15) is 29.8 Å². The van der Waals surface area contributed by atoms with Gasteiger partial charge in [0.25, 0.3) is 0 Å². The number of aliphatic carboxylic acids is 2. The van der Waals surface area contributed by atoms with E-state index in [1.807, 2.05) is 0 Å². The maximum Gasteiger partial charge on any atom is 0.304 e. The zero-order valence-corrected chi connectivity index (χ0v) is 14.2. The van der Waals surface area contributed by atoms with Gasteiger partial charge < -0.3 is 20.1 Å². The van der Waals surface area contributed by atoms with Gasteiger partial charge in [-0.25, -0.2) is 0 Å². The summed E-state index contributed by atoms with van der Waals surface area (Å²) in [5.74, 6) is 0.443. The van der Waals surface area contributed by atoms with Gasteiger partial charge in [0, 0.05) is 18.1 Å². The van der Waals surface area contributed by atoms with Gasteiger partial charge in [0.15, 0.2) is 5.75 Å². The molecule has 2 atom stereocenters. The highest BCUT2D eigenvalue weighted by Gasteiger charge is 2.27. The molecule has 2 unspecified atom stereocenters. The number of hydrogen-bond acceptors (Lipinski definition) is 8. The third-order valence-electron chi connectivity index (χ3n) is 1.66. The first-order valence-electron chi connectivity index (χ1n) is 5.68. The normalized spacial score (nSPS) is 20.8. The molecule has 1 aliphatic heterocycles. The van der Waals surface area contributed by atoms with E-state index >= 15 is 0 Å². The minimum atomic E-state index is -1.04. The summed E-state index contributed by atoms with van der Waals surface area (Å²) in [6.07, 6.45) is 0.801. The van der Waals surface area contributed by atoms with Crippen molar-refractivity contribution in [2.45, 2.75) is 25.4 Å². The fraction of sp³-hybridized carbons (Fsp3) is 0.800. The second-order valence-corrected chi connectivity index (χ2v) is 7.84. The van der Waals surface area contributed by atoms with Gasteiger partial charge in [0.05, 0.1) is 18.3 Å². The lowest BCUT2D eigenvalue weighted by Crippen LogP contribution is -2.21. The highest BCUT2D eigenvalue weighted by molar-refractivity contribution is 8.72. The van der Waals surface area contributed by atoms with Crippen LogP contribution < -0.4 is 5.11 Å². The number of aliphatic hydroxyl groups is 1. The summed E-state index contributed by atoms with van der Waals surface area (Å²) in [5, 5.41) is 26.2. The first kappa shape index (κ1) is 22.5. The molecule has 3 N–H and O–H groups in total. The summed E-state index contributed by atoms with van der Waals surface area (Å²) in [5.41, 5.74) is 0. The molecule has 0 amide bonds. The van der Waals surface area contributed by atoms with Crippen LogP contribution in [0.5, 0.6) is 0 Å². The molecule has 0 aromatic carbocycles. The third-order valence-corrected chi connectivity index (χ3v) is 5.21. The molecule has 0 aliphatic carbocycles. The van der Waals surface area contributed by atoms with Crippen LogP contribution in [0.1, 0.15) is 19.3 Å². The summed E-state index contributed by atoms with van der Waals surface area (Å²) < 4.78 is 8.91. The average molecular weight is 365 g/mol. The zero-order valence-electron chi connectivity index (χ0n) is 10.8. The van der Waals surface area contributed by atoms with Crippen LogP contribution in [0.2, 0.25) is 0 Å². The Morgan fingerprint density at radius 1 is 1.30 bits per heavy atom. The van der Waals surface area contributed by atoms with Crippen LogP contribution in [-0.4, -0.2) is 55.8 Å². The van der Waals surface area contributed by atoms with Gasteiger partial charge >= 0.3 is 5.97 Å². The van der Waals surface area contributed by atoms with Crippen LogP contribution in [0.4, 0.5) is 0 Å². The van der Waals surface area contributed by atoms with Crippen LogP contribution in [0.25, 0.3) is 0 Å². The van der Waals surface area contributed by atoms with E-state index in [1.165, 1.54) is 10.8 Å². The molecule has 0 radical (unpaired) electrons. The minimum absolute atomic E-state index is 0.0448. The van der Waals surface area contributed by atoms with Crippen LogP contribution in [0.3, 0.4) is 0 Å². The summed E-state index contributed by atoms with van der Waals surface area (Å²) in [7, 11) is 1.01. The average Bonchev–Trinajstić information content (AvgIpc) is 2.34. The highest BCUT2D eigenvalue weighted by Crippen LogP contribution is 2.22. The Hall–Kier alpha value is 0.260. The Labute approximate surface area is 136 Å². The number of aliphatic hydroxyl groups excluding tert-OH is 1. The van der Waals surface area contributed by atoms with Crippen LogP contribution in [-0.2, 0) is 19.8 Å². The topological polar surface area (TPSA) is 118 Å². The lowest BCUT2D eigenvalue weighted by Gasteiger charge is -2.10. The van der Waals surface area contributed by atoms with Gasteiger partial charge in [-0.15, -0.1) is 0 Å². The molecule has 1 heterocycles. The lowest BCUT2D eigenvalue weighted by molar-refractivity contribution is -0.305. The quantitative estimate of drug-likeness (QED) is 0.269. The number of carbonyl (C=O) groups is 2. The summed E-state index contributed by atoms with van der Waals surface area (Å²) in [4.78, 5) is 19.0. The number of rotatable bonds is 4. The highest BCUT2D eigenvalue weighted by atomic mass is 33.1. The van der Waals surface area contributed by atoms with Crippen LogP contribution in [0.15, 0.2) is 0 Å². The van der Waals surface area contributed by atoms with Crippen LogP contribution >= 0.6 is 36.1 Å². The van der Waals surface area contributed by atoms with E-state index in [1.54, 1.807) is 0 Å². The Morgan fingerprint density at radius 2 is 1.85 bits per heavy atom. The first-order valence-corrected chi connectivity index (χ1v) is 9.79. The molecule has 0 aromatic heterocycles. The molecule has 20 heavy (non-hydrogen) atoms. The molecule has 120 valence electrons. The molecule has 0 saturated carbocycles. The van der Waals surface area contributed by atoms with E-state index < -0.39 is 22.1 Å². The Bertz CT molecular complexity index is 232. The van der Waals surface area contributed by atoms with Gasteiger partial charge in [-0.3, -0.25) is 4.79 Å². The van der Waals surface area contributed by atoms with Crippen molar-refractivity contribution >= 4 is 58.2 Å². The lowest BCUT2D eigenvalue weighted by atomic mass is 10.3. The largest absolute Gasteiger partial charge is 0.550 e. The van der Waals surface area contributed by atoms with Crippen molar-refractivity contribution in [3.63, 3.8) is 0 Å². The molecule has 0 bridgehead atoms. The van der Waals surface area contributed by atoms with E-state index in [0.29, 0.717) is 17.3 Å². The van der Waals surface area contributed by atoms with Gasteiger partial charge in [-0.05, 0) is 12.2 Å². The molecule has 0 spiro atoms. The predicted molar refractivity (Wildman–Crippen MR) is 87.5 cm³/mol. The van der Waals surface area contributed by atoms with Gasteiger partial charge in [0.2, 0.25) is 10.2 Å². The Balaban J connectivity index is 0. The molecular weight excluding hydrogens is 344 g/mol. The third kappa shape index (κ3) is 20.6. The van der Waals surface area contributed by atoms with Gasteiger partial charge in [-0.1, -0.05) is 0 Å². The smallest absolute Gasteiger partial charge is 0.304 e. The molecule has 1 aliphatic rings. The monoisotopic (exact) mass is 364 g/mol. The zero-order chi connectivity index (χ0) is 16.0.